The maximum atomic E-state index is 6.02. The molecule has 22 heavy (non-hydrogen) atoms. The Morgan fingerprint density at radius 3 is 2.86 bits per heavy atom. The van der Waals surface area contributed by atoms with E-state index in [1.165, 1.54) is 0 Å². The van der Waals surface area contributed by atoms with E-state index in [1.54, 1.807) is 11.8 Å². The van der Waals surface area contributed by atoms with Crippen LogP contribution >= 0.6 is 35.6 Å². The molecule has 6 heteroatoms. The first-order valence-corrected chi connectivity index (χ1v) is 8.47. The number of hydrogen-bond donors (Lipinski definition) is 1. The number of rotatable bonds is 3. The van der Waals surface area contributed by atoms with Crippen molar-refractivity contribution >= 4 is 45.6 Å². The van der Waals surface area contributed by atoms with Gasteiger partial charge in [-0.3, -0.25) is 0 Å². The smallest absolute Gasteiger partial charge is 0.231 e. The van der Waals surface area contributed by atoms with Crippen molar-refractivity contribution in [3.05, 3.63) is 52.5 Å². The molecule has 0 spiro atoms. The van der Waals surface area contributed by atoms with Gasteiger partial charge in [0.2, 0.25) is 6.79 Å². The maximum Gasteiger partial charge on any atom is 0.231 e. The molecule has 0 aliphatic carbocycles. The number of hydrogen-bond acceptors (Lipinski definition) is 4. The normalized spacial score (nSPS) is 12.3. The monoisotopic (exact) mass is 351 g/mol. The number of thioether (sulfide) groups is 1. The SMILES string of the molecule is Cc1cc(NC(=S)SCc2ccc3c(c2)OCO3)ccc1Cl. The van der Waals surface area contributed by atoms with Gasteiger partial charge in [-0.1, -0.05) is 41.6 Å². The van der Waals surface area contributed by atoms with Gasteiger partial charge in [-0.25, -0.2) is 0 Å². The molecule has 114 valence electrons. The van der Waals surface area contributed by atoms with E-state index < -0.39 is 0 Å². The van der Waals surface area contributed by atoms with Crippen molar-refractivity contribution in [2.24, 2.45) is 0 Å². The van der Waals surface area contributed by atoms with Crippen molar-refractivity contribution in [2.75, 3.05) is 12.1 Å². The third kappa shape index (κ3) is 3.66. The lowest BCUT2D eigenvalue weighted by atomic mass is 10.2. The Labute approximate surface area is 144 Å². The molecule has 2 aromatic rings. The van der Waals surface area contributed by atoms with Gasteiger partial charge in [0.05, 0.1) is 0 Å². The lowest BCUT2D eigenvalue weighted by molar-refractivity contribution is 0.174. The van der Waals surface area contributed by atoms with Crippen LogP contribution in [0.1, 0.15) is 11.1 Å². The molecule has 1 aliphatic heterocycles. The fraction of sp³-hybridized carbons (Fsp3) is 0.188. The first kappa shape index (κ1) is 15.5. The number of thiocarbonyl (C=S) groups is 1. The van der Waals surface area contributed by atoms with Crippen LogP contribution in [0.15, 0.2) is 36.4 Å². The maximum absolute atomic E-state index is 6.02. The summed E-state index contributed by atoms with van der Waals surface area (Å²) in [6, 6.07) is 11.7. The van der Waals surface area contributed by atoms with Gasteiger partial charge in [-0.2, -0.15) is 0 Å². The van der Waals surface area contributed by atoms with Gasteiger partial charge in [-0.15, -0.1) is 0 Å². The van der Waals surface area contributed by atoms with Crippen LogP contribution in [-0.4, -0.2) is 11.1 Å². The fourth-order valence-corrected chi connectivity index (χ4v) is 3.14. The third-order valence-electron chi connectivity index (χ3n) is 3.21. The van der Waals surface area contributed by atoms with Gasteiger partial charge >= 0.3 is 0 Å². The average Bonchev–Trinajstić information content (AvgIpc) is 2.96. The van der Waals surface area contributed by atoms with Gasteiger partial charge < -0.3 is 14.8 Å². The summed E-state index contributed by atoms with van der Waals surface area (Å²) in [4.78, 5) is 0. The molecular weight excluding hydrogens is 338 g/mol. The summed E-state index contributed by atoms with van der Waals surface area (Å²) >= 11 is 13.0. The molecule has 0 unspecified atom stereocenters. The summed E-state index contributed by atoms with van der Waals surface area (Å²) in [6.45, 7) is 2.26. The summed E-state index contributed by atoms with van der Waals surface area (Å²) in [6.07, 6.45) is 0. The predicted octanol–water partition coefficient (Wildman–Crippen LogP) is 5.01. The van der Waals surface area contributed by atoms with Gasteiger partial charge in [-0.05, 0) is 48.4 Å². The molecule has 1 N–H and O–H groups in total. The molecule has 3 nitrogen and oxygen atoms in total. The van der Waals surface area contributed by atoms with Crippen LogP contribution in [0.25, 0.3) is 0 Å². The Kier molecular flexibility index (Phi) is 4.76. The standard InChI is InChI=1S/C16H14ClNO2S2/c1-10-6-12(3-4-13(10)17)18-16(21)22-8-11-2-5-14-15(7-11)20-9-19-14/h2-7H,8-9H2,1H3,(H,18,21). The molecule has 0 bridgehead atoms. The number of halogens is 1. The van der Waals surface area contributed by atoms with Crippen LogP contribution < -0.4 is 14.8 Å². The first-order chi connectivity index (χ1) is 10.6. The molecule has 0 radical (unpaired) electrons. The van der Waals surface area contributed by atoms with E-state index in [1.807, 2.05) is 43.3 Å². The highest BCUT2D eigenvalue weighted by atomic mass is 35.5. The molecule has 1 heterocycles. The van der Waals surface area contributed by atoms with E-state index in [2.05, 4.69) is 5.32 Å². The number of anilines is 1. The van der Waals surface area contributed by atoms with E-state index in [0.29, 0.717) is 6.79 Å². The fourth-order valence-electron chi connectivity index (χ4n) is 2.06. The van der Waals surface area contributed by atoms with E-state index in [0.717, 1.165) is 43.4 Å². The minimum atomic E-state index is 0.293. The quantitative estimate of drug-likeness (QED) is 0.785. The van der Waals surface area contributed by atoms with Crippen LogP contribution in [-0.2, 0) is 5.75 Å². The Morgan fingerprint density at radius 1 is 1.23 bits per heavy atom. The van der Waals surface area contributed by atoms with Crippen molar-refractivity contribution in [2.45, 2.75) is 12.7 Å². The van der Waals surface area contributed by atoms with Crippen molar-refractivity contribution in [3.63, 3.8) is 0 Å². The van der Waals surface area contributed by atoms with Crippen LogP contribution in [0.5, 0.6) is 11.5 Å². The van der Waals surface area contributed by atoms with Crippen molar-refractivity contribution < 1.29 is 9.47 Å². The van der Waals surface area contributed by atoms with Crippen molar-refractivity contribution in [3.8, 4) is 11.5 Å². The van der Waals surface area contributed by atoms with Gasteiger partial charge in [0, 0.05) is 16.5 Å². The zero-order valence-electron chi connectivity index (χ0n) is 11.9. The van der Waals surface area contributed by atoms with Crippen molar-refractivity contribution in [1.82, 2.24) is 0 Å². The Hall–Kier alpha value is -1.43. The number of benzene rings is 2. The second-order valence-electron chi connectivity index (χ2n) is 4.85. The molecule has 1 aliphatic rings. The molecule has 2 aromatic carbocycles. The average molecular weight is 352 g/mol. The van der Waals surface area contributed by atoms with Gasteiger partial charge in [0.15, 0.2) is 11.5 Å². The molecule has 0 saturated heterocycles. The lowest BCUT2D eigenvalue weighted by Gasteiger charge is -2.09. The molecule has 0 amide bonds. The summed E-state index contributed by atoms with van der Waals surface area (Å²) < 4.78 is 11.4. The highest BCUT2D eigenvalue weighted by molar-refractivity contribution is 8.22. The van der Waals surface area contributed by atoms with Crippen molar-refractivity contribution in [1.29, 1.82) is 0 Å². The molecular formula is C16H14ClNO2S2. The third-order valence-corrected chi connectivity index (χ3v) is 4.93. The molecule has 0 fully saturated rings. The zero-order valence-corrected chi connectivity index (χ0v) is 14.3. The minimum Gasteiger partial charge on any atom is -0.454 e. The second kappa shape index (κ2) is 6.77. The van der Waals surface area contributed by atoms with Gasteiger partial charge in [0.25, 0.3) is 0 Å². The highest BCUT2D eigenvalue weighted by Crippen LogP contribution is 2.33. The number of fused-ring (bicyclic) bond motifs is 1. The Bertz CT molecular complexity index is 721. The number of aryl methyl sites for hydroxylation is 1. The summed E-state index contributed by atoms with van der Waals surface area (Å²) in [5, 5.41) is 3.97. The Balaban J connectivity index is 1.57. The number of nitrogens with one attached hydrogen (secondary N) is 1. The summed E-state index contributed by atoms with van der Waals surface area (Å²) in [5.74, 6) is 2.37. The number of ether oxygens (including phenoxy) is 2. The van der Waals surface area contributed by atoms with Crippen LogP contribution in [0, 0.1) is 6.92 Å². The largest absolute Gasteiger partial charge is 0.454 e. The van der Waals surface area contributed by atoms with Crippen LogP contribution in [0.3, 0.4) is 0 Å². The topological polar surface area (TPSA) is 30.5 Å². The first-order valence-electron chi connectivity index (χ1n) is 6.70. The molecule has 0 aromatic heterocycles. The van der Waals surface area contributed by atoms with E-state index in [-0.39, 0.29) is 0 Å². The molecule has 3 rings (SSSR count). The van der Waals surface area contributed by atoms with Crippen LogP contribution in [0.2, 0.25) is 5.02 Å². The lowest BCUT2D eigenvalue weighted by Crippen LogP contribution is -2.05. The zero-order chi connectivity index (χ0) is 15.5. The van der Waals surface area contributed by atoms with E-state index in [4.69, 9.17) is 33.3 Å². The second-order valence-corrected chi connectivity index (χ2v) is 6.91. The summed E-state index contributed by atoms with van der Waals surface area (Å²) in [7, 11) is 0. The van der Waals surface area contributed by atoms with E-state index >= 15 is 0 Å². The molecule has 0 saturated carbocycles. The summed E-state index contributed by atoms with van der Waals surface area (Å²) in [5.41, 5.74) is 3.12. The van der Waals surface area contributed by atoms with Crippen LogP contribution in [0.4, 0.5) is 5.69 Å². The minimum absolute atomic E-state index is 0.293. The highest BCUT2D eigenvalue weighted by Gasteiger charge is 2.13. The van der Waals surface area contributed by atoms with Gasteiger partial charge in [0.1, 0.15) is 4.32 Å². The van der Waals surface area contributed by atoms with E-state index in [9.17, 15) is 0 Å². The Morgan fingerprint density at radius 2 is 2.05 bits per heavy atom. The molecule has 0 atom stereocenters. The predicted molar refractivity (Wildman–Crippen MR) is 96.3 cm³/mol.